The molecular weight excluding hydrogens is 338 g/mol. The summed E-state index contributed by atoms with van der Waals surface area (Å²) in [7, 11) is 1.31. The van der Waals surface area contributed by atoms with Crippen molar-refractivity contribution in [1.82, 2.24) is 9.78 Å². The average Bonchev–Trinajstić information content (AvgIpc) is 2.85. The molecule has 21 heavy (non-hydrogen) atoms. The van der Waals surface area contributed by atoms with Crippen molar-refractivity contribution in [3.8, 4) is 0 Å². The van der Waals surface area contributed by atoms with Crippen molar-refractivity contribution >= 4 is 33.5 Å². The minimum absolute atomic E-state index is 0.00365. The Balaban J connectivity index is 2.07. The van der Waals surface area contributed by atoms with Crippen LogP contribution in [0.3, 0.4) is 0 Å². The van der Waals surface area contributed by atoms with Crippen LogP contribution in [0.5, 0.6) is 0 Å². The second-order valence-electron chi connectivity index (χ2n) is 4.42. The highest BCUT2D eigenvalue weighted by molar-refractivity contribution is 9.10. The molecule has 2 rings (SSSR count). The van der Waals surface area contributed by atoms with E-state index in [1.54, 1.807) is 12.3 Å². The van der Waals surface area contributed by atoms with Crippen LogP contribution in [-0.2, 0) is 16.1 Å². The van der Waals surface area contributed by atoms with Crippen molar-refractivity contribution in [3.63, 3.8) is 0 Å². The molecule has 0 atom stereocenters. The van der Waals surface area contributed by atoms with Crippen molar-refractivity contribution in [2.45, 2.75) is 13.5 Å². The quantitative estimate of drug-likeness (QED) is 0.858. The van der Waals surface area contributed by atoms with E-state index in [0.29, 0.717) is 11.3 Å². The molecule has 0 saturated heterocycles. The summed E-state index contributed by atoms with van der Waals surface area (Å²) in [6.07, 6.45) is 3.05. The molecule has 0 unspecified atom stereocenters. The number of anilines is 1. The van der Waals surface area contributed by atoms with Gasteiger partial charge in [0.15, 0.2) is 0 Å². The molecular formula is C14H14BrN3O3. The van der Waals surface area contributed by atoms with E-state index in [9.17, 15) is 9.59 Å². The lowest BCUT2D eigenvalue weighted by atomic mass is 10.1. The molecule has 2 aromatic rings. The summed E-state index contributed by atoms with van der Waals surface area (Å²) in [6.45, 7) is 1.87. The molecule has 1 amide bonds. The zero-order valence-electron chi connectivity index (χ0n) is 11.6. The number of esters is 1. The normalized spacial score (nSPS) is 10.2. The number of benzene rings is 1. The van der Waals surface area contributed by atoms with E-state index >= 15 is 0 Å². The summed E-state index contributed by atoms with van der Waals surface area (Å²) >= 11 is 3.36. The molecule has 1 heterocycles. The zero-order valence-corrected chi connectivity index (χ0v) is 13.2. The fourth-order valence-corrected chi connectivity index (χ4v) is 2.27. The summed E-state index contributed by atoms with van der Waals surface area (Å²) in [6, 6.07) is 5.42. The Morgan fingerprint density at radius 1 is 1.43 bits per heavy atom. The van der Waals surface area contributed by atoms with Crippen LogP contribution >= 0.6 is 15.9 Å². The molecule has 0 aliphatic carbocycles. The van der Waals surface area contributed by atoms with E-state index in [4.69, 9.17) is 0 Å². The number of ether oxygens (including phenoxy) is 1. The second kappa shape index (κ2) is 6.53. The van der Waals surface area contributed by atoms with Gasteiger partial charge in [-0.15, -0.1) is 0 Å². The van der Waals surface area contributed by atoms with E-state index in [1.807, 2.05) is 19.1 Å². The number of hydrogen-bond acceptors (Lipinski definition) is 4. The van der Waals surface area contributed by atoms with Gasteiger partial charge in [0.05, 0.1) is 19.0 Å². The molecule has 0 aliphatic rings. The third-order valence-electron chi connectivity index (χ3n) is 2.84. The third kappa shape index (κ3) is 3.91. The Morgan fingerprint density at radius 3 is 2.86 bits per heavy atom. The van der Waals surface area contributed by atoms with Crippen LogP contribution in [0.1, 0.15) is 15.9 Å². The zero-order chi connectivity index (χ0) is 15.4. The predicted octanol–water partition coefficient (Wildman–Crippen LogP) is 2.38. The van der Waals surface area contributed by atoms with Gasteiger partial charge in [-0.1, -0.05) is 15.9 Å². The van der Waals surface area contributed by atoms with Crippen LogP contribution in [0.2, 0.25) is 0 Å². The monoisotopic (exact) mass is 351 g/mol. The van der Waals surface area contributed by atoms with E-state index in [1.165, 1.54) is 18.0 Å². The number of halogens is 1. The summed E-state index contributed by atoms with van der Waals surface area (Å²) in [5.41, 5.74) is 1.97. The number of aromatic nitrogens is 2. The number of carbonyl (C=O) groups is 2. The van der Waals surface area contributed by atoms with Gasteiger partial charge >= 0.3 is 5.97 Å². The van der Waals surface area contributed by atoms with Gasteiger partial charge in [0.2, 0.25) is 0 Å². The van der Waals surface area contributed by atoms with Gasteiger partial charge in [-0.25, -0.2) is 0 Å². The van der Waals surface area contributed by atoms with Crippen LogP contribution in [0, 0.1) is 6.92 Å². The summed E-state index contributed by atoms with van der Waals surface area (Å²) < 4.78 is 6.87. The fourth-order valence-electron chi connectivity index (χ4n) is 1.79. The number of rotatable bonds is 4. The molecule has 0 radical (unpaired) electrons. The Labute approximate surface area is 130 Å². The van der Waals surface area contributed by atoms with Gasteiger partial charge in [-0.05, 0) is 30.7 Å². The molecule has 1 aromatic heterocycles. The topological polar surface area (TPSA) is 73.2 Å². The van der Waals surface area contributed by atoms with E-state index < -0.39 is 5.97 Å². The van der Waals surface area contributed by atoms with Gasteiger partial charge in [0.25, 0.3) is 5.91 Å². The SMILES string of the molecule is COC(=O)Cn1cc(NC(=O)c2ccc(Br)cc2C)cn1. The standard InChI is InChI=1S/C14H14BrN3O3/c1-9-5-10(15)3-4-12(9)14(20)17-11-6-16-18(7-11)8-13(19)21-2/h3-7H,8H2,1-2H3,(H,17,20). The number of nitrogens with zero attached hydrogens (tertiary/aromatic N) is 2. The van der Waals surface area contributed by atoms with Gasteiger partial charge in [0.1, 0.15) is 6.54 Å². The van der Waals surface area contributed by atoms with Crippen LogP contribution in [0.15, 0.2) is 35.1 Å². The number of nitrogens with one attached hydrogen (secondary N) is 1. The maximum Gasteiger partial charge on any atom is 0.327 e. The summed E-state index contributed by atoms with van der Waals surface area (Å²) in [5, 5.41) is 6.72. The highest BCUT2D eigenvalue weighted by Gasteiger charge is 2.11. The first-order valence-electron chi connectivity index (χ1n) is 6.16. The van der Waals surface area contributed by atoms with Gasteiger partial charge < -0.3 is 10.1 Å². The van der Waals surface area contributed by atoms with Gasteiger partial charge in [-0.2, -0.15) is 5.10 Å². The lowest BCUT2D eigenvalue weighted by molar-refractivity contribution is -0.141. The van der Waals surface area contributed by atoms with Crippen molar-refractivity contribution in [1.29, 1.82) is 0 Å². The Hall–Kier alpha value is -2.15. The van der Waals surface area contributed by atoms with Crippen LogP contribution in [0.25, 0.3) is 0 Å². The van der Waals surface area contributed by atoms with E-state index in [2.05, 4.69) is 31.1 Å². The number of amides is 1. The van der Waals surface area contributed by atoms with Gasteiger partial charge in [0, 0.05) is 16.2 Å². The number of hydrogen-bond donors (Lipinski definition) is 1. The van der Waals surface area contributed by atoms with Crippen molar-refractivity contribution in [2.75, 3.05) is 12.4 Å². The minimum Gasteiger partial charge on any atom is -0.468 e. The van der Waals surface area contributed by atoms with Crippen molar-refractivity contribution in [2.24, 2.45) is 0 Å². The molecule has 110 valence electrons. The Morgan fingerprint density at radius 2 is 2.19 bits per heavy atom. The number of aryl methyl sites for hydroxylation is 1. The first-order valence-corrected chi connectivity index (χ1v) is 6.95. The van der Waals surface area contributed by atoms with Crippen LogP contribution in [-0.4, -0.2) is 28.8 Å². The molecule has 6 nitrogen and oxygen atoms in total. The van der Waals surface area contributed by atoms with E-state index in [0.717, 1.165) is 10.0 Å². The lowest BCUT2D eigenvalue weighted by Crippen LogP contribution is -2.13. The van der Waals surface area contributed by atoms with Crippen molar-refractivity contribution < 1.29 is 14.3 Å². The number of carbonyl (C=O) groups excluding carboxylic acids is 2. The minimum atomic E-state index is -0.403. The highest BCUT2D eigenvalue weighted by Crippen LogP contribution is 2.17. The predicted molar refractivity (Wildman–Crippen MR) is 81.1 cm³/mol. The van der Waals surface area contributed by atoms with Crippen molar-refractivity contribution in [3.05, 3.63) is 46.2 Å². The lowest BCUT2D eigenvalue weighted by Gasteiger charge is -2.06. The molecule has 0 aliphatic heterocycles. The molecule has 0 saturated carbocycles. The molecule has 0 bridgehead atoms. The summed E-state index contributed by atoms with van der Waals surface area (Å²) in [4.78, 5) is 23.3. The van der Waals surface area contributed by atoms with Gasteiger partial charge in [-0.3, -0.25) is 14.3 Å². The molecule has 1 N–H and O–H groups in total. The maximum absolute atomic E-state index is 12.2. The second-order valence-corrected chi connectivity index (χ2v) is 5.33. The largest absolute Gasteiger partial charge is 0.468 e. The Bertz CT molecular complexity index is 682. The highest BCUT2D eigenvalue weighted by atomic mass is 79.9. The van der Waals surface area contributed by atoms with E-state index in [-0.39, 0.29) is 12.5 Å². The van der Waals surface area contributed by atoms with Crippen LogP contribution < -0.4 is 5.32 Å². The summed E-state index contributed by atoms with van der Waals surface area (Å²) in [5.74, 6) is -0.627. The first kappa shape index (κ1) is 15.2. The molecule has 7 heteroatoms. The molecule has 0 spiro atoms. The Kier molecular flexibility index (Phi) is 4.74. The fraction of sp³-hybridized carbons (Fsp3) is 0.214. The molecule has 0 fully saturated rings. The number of methoxy groups -OCH3 is 1. The average molecular weight is 352 g/mol. The first-order chi connectivity index (χ1) is 9.99. The van der Waals surface area contributed by atoms with Crippen LogP contribution in [0.4, 0.5) is 5.69 Å². The smallest absolute Gasteiger partial charge is 0.327 e. The molecule has 1 aromatic carbocycles. The maximum atomic E-state index is 12.2. The third-order valence-corrected chi connectivity index (χ3v) is 3.34.